The Balaban J connectivity index is 2.03. The van der Waals surface area contributed by atoms with Crippen molar-refractivity contribution in [3.8, 4) is 5.88 Å². The molecule has 2 rings (SSSR count). The van der Waals surface area contributed by atoms with Crippen molar-refractivity contribution in [3.63, 3.8) is 0 Å². The summed E-state index contributed by atoms with van der Waals surface area (Å²) >= 11 is 0. The van der Waals surface area contributed by atoms with E-state index in [-0.39, 0.29) is 11.9 Å². The molecule has 1 atom stereocenters. The number of hydrogen-bond acceptors (Lipinski definition) is 4. The lowest BCUT2D eigenvalue weighted by molar-refractivity contribution is -0.127. The summed E-state index contributed by atoms with van der Waals surface area (Å²) in [6, 6.07) is 5.35. The molecule has 0 aromatic carbocycles. The molecule has 0 saturated carbocycles. The van der Waals surface area contributed by atoms with Crippen LogP contribution in [-0.2, 0) is 4.79 Å². The zero-order valence-corrected chi connectivity index (χ0v) is 10.1. The number of hydrogen-bond donors (Lipinski definition) is 1. The zero-order chi connectivity index (χ0) is 12.3. The lowest BCUT2D eigenvalue weighted by Crippen LogP contribution is -2.31. The smallest absolute Gasteiger partial charge is 0.244 e. The zero-order valence-electron chi connectivity index (χ0n) is 10.1. The number of likely N-dealkylation sites (N-methyl/N-ethyl adjacent to an activating group) is 1. The third-order valence-corrected chi connectivity index (χ3v) is 2.77. The second-order valence-electron chi connectivity index (χ2n) is 4.04. The number of anilines is 1. The SMILES string of the molecule is CCOc1cccc(NC2CCN(C)C2=O)n1. The second-order valence-corrected chi connectivity index (χ2v) is 4.04. The molecule has 1 fully saturated rings. The van der Waals surface area contributed by atoms with Gasteiger partial charge in [-0.25, -0.2) is 0 Å². The van der Waals surface area contributed by atoms with E-state index in [1.165, 1.54) is 0 Å². The van der Waals surface area contributed by atoms with Crippen LogP contribution in [0.3, 0.4) is 0 Å². The van der Waals surface area contributed by atoms with E-state index in [9.17, 15) is 4.79 Å². The quantitative estimate of drug-likeness (QED) is 0.849. The van der Waals surface area contributed by atoms with Crippen molar-refractivity contribution in [2.45, 2.75) is 19.4 Å². The third-order valence-electron chi connectivity index (χ3n) is 2.77. The monoisotopic (exact) mass is 235 g/mol. The Hall–Kier alpha value is -1.78. The van der Waals surface area contributed by atoms with Crippen molar-refractivity contribution < 1.29 is 9.53 Å². The lowest BCUT2D eigenvalue weighted by atomic mass is 10.2. The Morgan fingerprint density at radius 3 is 3.06 bits per heavy atom. The van der Waals surface area contributed by atoms with Crippen LogP contribution in [0, 0.1) is 0 Å². The van der Waals surface area contributed by atoms with Gasteiger partial charge in [0.2, 0.25) is 11.8 Å². The van der Waals surface area contributed by atoms with E-state index in [4.69, 9.17) is 4.74 Å². The maximum absolute atomic E-state index is 11.7. The molecule has 1 unspecified atom stereocenters. The normalized spacial score (nSPS) is 19.5. The molecule has 0 bridgehead atoms. The Labute approximate surface area is 101 Å². The van der Waals surface area contributed by atoms with Crippen molar-refractivity contribution in [2.75, 3.05) is 25.5 Å². The van der Waals surface area contributed by atoms with Gasteiger partial charge in [-0.2, -0.15) is 4.98 Å². The molecule has 0 spiro atoms. The van der Waals surface area contributed by atoms with Crippen molar-refractivity contribution >= 4 is 11.7 Å². The highest BCUT2D eigenvalue weighted by Crippen LogP contribution is 2.16. The van der Waals surface area contributed by atoms with Crippen LogP contribution in [-0.4, -0.2) is 42.0 Å². The molecule has 1 aromatic heterocycles. The molecule has 5 heteroatoms. The van der Waals surface area contributed by atoms with E-state index in [0.717, 1.165) is 13.0 Å². The largest absolute Gasteiger partial charge is 0.478 e. The third kappa shape index (κ3) is 2.67. The molecule has 1 aliphatic heterocycles. The summed E-state index contributed by atoms with van der Waals surface area (Å²) in [5, 5.41) is 3.14. The van der Waals surface area contributed by atoms with Gasteiger partial charge in [0.15, 0.2) is 0 Å². The predicted molar refractivity (Wildman–Crippen MR) is 65.1 cm³/mol. The average Bonchev–Trinajstić information content (AvgIpc) is 2.62. The molecule has 0 aliphatic carbocycles. The van der Waals surface area contributed by atoms with Crippen molar-refractivity contribution in [2.24, 2.45) is 0 Å². The first-order valence-corrected chi connectivity index (χ1v) is 5.82. The van der Waals surface area contributed by atoms with Crippen molar-refractivity contribution in [3.05, 3.63) is 18.2 Å². The number of ether oxygens (including phenoxy) is 1. The van der Waals surface area contributed by atoms with Gasteiger partial charge in [-0.15, -0.1) is 0 Å². The van der Waals surface area contributed by atoms with Gasteiger partial charge >= 0.3 is 0 Å². The van der Waals surface area contributed by atoms with Crippen LogP contribution in [0.25, 0.3) is 0 Å². The number of aromatic nitrogens is 1. The summed E-state index contributed by atoms with van der Waals surface area (Å²) in [6.45, 7) is 3.29. The maximum atomic E-state index is 11.7. The van der Waals surface area contributed by atoms with Crippen LogP contribution < -0.4 is 10.1 Å². The minimum absolute atomic E-state index is 0.119. The molecule has 2 heterocycles. The Bertz CT molecular complexity index is 408. The number of carbonyl (C=O) groups excluding carboxylic acids is 1. The van der Waals surface area contributed by atoms with Crippen LogP contribution in [0.2, 0.25) is 0 Å². The van der Waals surface area contributed by atoms with Gasteiger partial charge in [0, 0.05) is 19.7 Å². The summed E-state index contributed by atoms with van der Waals surface area (Å²) < 4.78 is 5.31. The van der Waals surface area contributed by atoms with E-state index in [0.29, 0.717) is 18.3 Å². The van der Waals surface area contributed by atoms with Crippen LogP contribution in [0.15, 0.2) is 18.2 Å². The van der Waals surface area contributed by atoms with Crippen molar-refractivity contribution in [1.82, 2.24) is 9.88 Å². The molecule has 1 N–H and O–H groups in total. The average molecular weight is 235 g/mol. The van der Waals surface area contributed by atoms with E-state index < -0.39 is 0 Å². The van der Waals surface area contributed by atoms with Gasteiger partial charge in [0.1, 0.15) is 11.9 Å². The number of nitrogens with zero attached hydrogens (tertiary/aromatic N) is 2. The predicted octanol–water partition coefficient (Wildman–Crippen LogP) is 1.12. The van der Waals surface area contributed by atoms with Gasteiger partial charge in [-0.05, 0) is 19.4 Å². The van der Waals surface area contributed by atoms with Gasteiger partial charge in [-0.3, -0.25) is 4.79 Å². The highest BCUT2D eigenvalue weighted by molar-refractivity contribution is 5.86. The molecule has 1 aliphatic rings. The van der Waals surface area contributed by atoms with Crippen molar-refractivity contribution in [1.29, 1.82) is 0 Å². The van der Waals surface area contributed by atoms with Crippen LogP contribution in [0.4, 0.5) is 5.82 Å². The number of pyridine rings is 1. The minimum atomic E-state index is -0.163. The maximum Gasteiger partial charge on any atom is 0.244 e. The van der Waals surface area contributed by atoms with E-state index in [1.54, 1.807) is 11.0 Å². The number of rotatable bonds is 4. The number of carbonyl (C=O) groups is 1. The fourth-order valence-corrected chi connectivity index (χ4v) is 1.86. The molecule has 1 saturated heterocycles. The lowest BCUT2D eigenvalue weighted by Gasteiger charge is -2.13. The minimum Gasteiger partial charge on any atom is -0.478 e. The summed E-state index contributed by atoms with van der Waals surface area (Å²) in [7, 11) is 1.81. The Kier molecular flexibility index (Phi) is 3.46. The highest BCUT2D eigenvalue weighted by atomic mass is 16.5. The summed E-state index contributed by atoms with van der Waals surface area (Å²) in [4.78, 5) is 17.7. The molecular weight excluding hydrogens is 218 g/mol. The fourth-order valence-electron chi connectivity index (χ4n) is 1.86. The highest BCUT2D eigenvalue weighted by Gasteiger charge is 2.28. The first-order chi connectivity index (χ1) is 8.20. The summed E-state index contributed by atoms with van der Waals surface area (Å²) in [5.74, 6) is 1.38. The number of nitrogens with one attached hydrogen (secondary N) is 1. The van der Waals surface area contributed by atoms with E-state index in [1.807, 2.05) is 26.1 Å². The van der Waals surface area contributed by atoms with Crippen LogP contribution in [0.5, 0.6) is 5.88 Å². The first kappa shape index (κ1) is 11.7. The molecule has 17 heavy (non-hydrogen) atoms. The first-order valence-electron chi connectivity index (χ1n) is 5.82. The van der Waals surface area contributed by atoms with Gasteiger partial charge in [0.05, 0.1) is 6.61 Å². The van der Waals surface area contributed by atoms with Crippen LogP contribution in [0.1, 0.15) is 13.3 Å². The standard InChI is InChI=1S/C12H17N3O2/c1-3-17-11-6-4-5-10(14-11)13-9-7-8-15(2)12(9)16/h4-6,9H,3,7-8H2,1-2H3,(H,13,14). The number of amides is 1. The van der Waals surface area contributed by atoms with E-state index >= 15 is 0 Å². The molecular formula is C12H17N3O2. The van der Waals surface area contributed by atoms with Gasteiger partial charge < -0.3 is 15.0 Å². The fraction of sp³-hybridized carbons (Fsp3) is 0.500. The van der Waals surface area contributed by atoms with Gasteiger partial charge in [-0.1, -0.05) is 6.07 Å². The number of likely N-dealkylation sites (tertiary alicyclic amines) is 1. The topological polar surface area (TPSA) is 54.5 Å². The molecule has 1 amide bonds. The van der Waals surface area contributed by atoms with Crippen LogP contribution >= 0.6 is 0 Å². The Morgan fingerprint density at radius 2 is 2.41 bits per heavy atom. The molecule has 0 radical (unpaired) electrons. The Morgan fingerprint density at radius 1 is 1.59 bits per heavy atom. The van der Waals surface area contributed by atoms with Gasteiger partial charge in [0.25, 0.3) is 0 Å². The molecule has 5 nitrogen and oxygen atoms in total. The second kappa shape index (κ2) is 5.03. The molecule has 1 aromatic rings. The molecule has 92 valence electrons. The summed E-state index contributed by atoms with van der Waals surface area (Å²) in [5.41, 5.74) is 0. The summed E-state index contributed by atoms with van der Waals surface area (Å²) in [6.07, 6.45) is 0.815. The van der Waals surface area contributed by atoms with E-state index in [2.05, 4.69) is 10.3 Å².